The van der Waals surface area contributed by atoms with E-state index in [0.29, 0.717) is 0 Å². The third-order valence-corrected chi connectivity index (χ3v) is 5.57. The van der Waals surface area contributed by atoms with Gasteiger partial charge in [0.25, 0.3) is 0 Å². The van der Waals surface area contributed by atoms with Crippen LogP contribution < -0.4 is 5.43 Å². The fourth-order valence-electron chi connectivity index (χ4n) is 2.63. The number of rotatable bonds is 4. The molecule has 0 aliphatic carbocycles. The molecule has 1 heterocycles. The number of nitrogens with zero attached hydrogens (tertiary/aromatic N) is 2. The molecule has 0 unspecified atom stereocenters. The highest BCUT2D eigenvalue weighted by molar-refractivity contribution is 14.1. The maximum Gasteiger partial charge on any atom is 0.203 e. The molecule has 25 heavy (non-hydrogen) atoms. The molecule has 0 aliphatic rings. The third kappa shape index (κ3) is 3.57. The summed E-state index contributed by atoms with van der Waals surface area (Å²) >= 11 is 3.86. The zero-order chi connectivity index (χ0) is 17.1. The number of anilines is 1. The number of hydrogen-bond acceptors (Lipinski definition) is 4. The molecule has 0 radical (unpaired) electrons. The van der Waals surface area contributed by atoms with Crippen molar-refractivity contribution in [2.75, 3.05) is 5.43 Å². The van der Waals surface area contributed by atoms with E-state index in [9.17, 15) is 0 Å². The minimum atomic E-state index is 0.783. The lowest BCUT2D eigenvalue weighted by molar-refractivity contribution is 1.29. The summed E-state index contributed by atoms with van der Waals surface area (Å²) in [6.45, 7) is 0. The fraction of sp³-hybridized carbons (Fsp3) is 0. The molecule has 4 aromatic rings. The van der Waals surface area contributed by atoms with E-state index in [1.807, 2.05) is 24.4 Å². The summed E-state index contributed by atoms with van der Waals surface area (Å²) in [5.74, 6) is 0. The Morgan fingerprint density at radius 3 is 2.68 bits per heavy atom. The quantitative estimate of drug-likeness (QED) is 0.232. The Labute approximate surface area is 163 Å². The number of hydrazone groups is 1. The number of halogens is 1. The van der Waals surface area contributed by atoms with Crippen LogP contribution in [0.2, 0.25) is 0 Å². The molecule has 0 spiro atoms. The molecule has 0 fully saturated rings. The van der Waals surface area contributed by atoms with Crippen molar-refractivity contribution in [3.8, 4) is 11.3 Å². The van der Waals surface area contributed by atoms with Crippen LogP contribution >= 0.6 is 33.9 Å². The first-order valence-corrected chi connectivity index (χ1v) is 9.74. The Hall–Kier alpha value is -2.25. The van der Waals surface area contributed by atoms with E-state index in [1.165, 1.54) is 14.3 Å². The van der Waals surface area contributed by atoms with Gasteiger partial charge in [-0.2, -0.15) is 5.10 Å². The Bertz CT molecular complexity index is 1050. The number of aromatic nitrogens is 1. The summed E-state index contributed by atoms with van der Waals surface area (Å²) < 4.78 is 1.17. The van der Waals surface area contributed by atoms with E-state index < -0.39 is 0 Å². The molecular weight excluding hydrogens is 441 g/mol. The largest absolute Gasteiger partial charge is 0.253 e. The highest BCUT2D eigenvalue weighted by atomic mass is 127. The maximum absolute atomic E-state index is 4.68. The van der Waals surface area contributed by atoms with Gasteiger partial charge in [-0.05, 0) is 39.4 Å². The SMILES string of the molecule is Ic1ccccc1/C=N\Nc1nc(-c2cccc3ccccc23)cs1. The predicted molar refractivity (Wildman–Crippen MR) is 115 cm³/mol. The number of thiazole rings is 1. The van der Waals surface area contributed by atoms with Gasteiger partial charge in [-0.1, -0.05) is 60.7 Å². The first-order valence-electron chi connectivity index (χ1n) is 7.78. The highest BCUT2D eigenvalue weighted by Crippen LogP contribution is 2.30. The fourth-order valence-corrected chi connectivity index (χ4v) is 3.82. The van der Waals surface area contributed by atoms with E-state index in [-0.39, 0.29) is 0 Å². The second-order valence-electron chi connectivity index (χ2n) is 5.46. The number of nitrogens with one attached hydrogen (secondary N) is 1. The van der Waals surface area contributed by atoms with Crippen molar-refractivity contribution in [1.29, 1.82) is 0 Å². The summed E-state index contributed by atoms with van der Waals surface area (Å²) in [6.07, 6.45) is 1.82. The van der Waals surface area contributed by atoms with Crippen LogP contribution in [0.25, 0.3) is 22.0 Å². The van der Waals surface area contributed by atoms with E-state index >= 15 is 0 Å². The summed E-state index contributed by atoms with van der Waals surface area (Å²) in [6, 6.07) is 22.8. The van der Waals surface area contributed by atoms with Gasteiger partial charge < -0.3 is 0 Å². The highest BCUT2D eigenvalue weighted by Gasteiger charge is 2.07. The van der Waals surface area contributed by atoms with Crippen LogP contribution in [0.15, 0.2) is 77.2 Å². The monoisotopic (exact) mass is 455 g/mol. The molecule has 1 aromatic heterocycles. The number of hydrogen-bond donors (Lipinski definition) is 1. The molecule has 0 saturated heterocycles. The van der Waals surface area contributed by atoms with Crippen molar-refractivity contribution in [1.82, 2.24) is 4.98 Å². The molecule has 0 aliphatic heterocycles. The summed E-state index contributed by atoms with van der Waals surface area (Å²) in [5.41, 5.74) is 6.23. The Morgan fingerprint density at radius 2 is 1.76 bits per heavy atom. The second-order valence-corrected chi connectivity index (χ2v) is 7.48. The average Bonchev–Trinajstić information content (AvgIpc) is 3.11. The van der Waals surface area contributed by atoms with Crippen LogP contribution in [0.3, 0.4) is 0 Å². The zero-order valence-electron chi connectivity index (χ0n) is 13.2. The second kappa shape index (κ2) is 7.33. The molecular formula is C20H14IN3S. The first-order chi connectivity index (χ1) is 12.3. The molecule has 0 atom stereocenters. The molecule has 0 bridgehead atoms. The zero-order valence-corrected chi connectivity index (χ0v) is 16.2. The van der Waals surface area contributed by atoms with Crippen molar-refractivity contribution in [2.45, 2.75) is 0 Å². The van der Waals surface area contributed by atoms with Gasteiger partial charge >= 0.3 is 0 Å². The lowest BCUT2D eigenvalue weighted by Gasteiger charge is -2.03. The Morgan fingerprint density at radius 1 is 0.960 bits per heavy atom. The lowest BCUT2D eigenvalue weighted by Crippen LogP contribution is -1.92. The van der Waals surface area contributed by atoms with Crippen molar-refractivity contribution in [2.24, 2.45) is 5.10 Å². The number of fused-ring (bicyclic) bond motifs is 1. The van der Waals surface area contributed by atoms with Crippen LogP contribution in [0.4, 0.5) is 5.13 Å². The smallest absolute Gasteiger partial charge is 0.203 e. The van der Waals surface area contributed by atoms with Gasteiger partial charge in [0.15, 0.2) is 0 Å². The van der Waals surface area contributed by atoms with Gasteiger partial charge in [0.2, 0.25) is 5.13 Å². The summed E-state index contributed by atoms with van der Waals surface area (Å²) in [4.78, 5) is 4.68. The van der Waals surface area contributed by atoms with Crippen LogP contribution in [0.1, 0.15) is 5.56 Å². The molecule has 0 amide bonds. The molecule has 122 valence electrons. The van der Waals surface area contributed by atoms with Crippen LogP contribution in [-0.4, -0.2) is 11.2 Å². The van der Waals surface area contributed by atoms with Gasteiger partial charge in [-0.3, -0.25) is 5.43 Å². The molecule has 0 saturated carbocycles. The van der Waals surface area contributed by atoms with Crippen molar-refractivity contribution >= 4 is 56.0 Å². The van der Waals surface area contributed by atoms with E-state index in [4.69, 9.17) is 0 Å². The average molecular weight is 455 g/mol. The van der Waals surface area contributed by atoms with Gasteiger partial charge in [-0.25, -0.2) is 4.98 Å². The molecule has 3 aromatic carbocycles. The number of benzene rings is 3. The first kappa shape index (κ1) is 16.2. The van der Waals surface area contributed by atoms with Gasteiger partial charge in [0.1, 0.15) is 0 Å². The summed E-state index contributed by atoms with van der Waals surface area (Å²) in [7, 11) is 0. The maximum atomic E-state index is 4.68. The minimum Gasteiger partial charge on any atom is -0.253 e. The van der Waals surface area contributed by atoms with E-state index in [0.717, 1.165) is 22.0 Å². The molecule has 5 heteroatoms. The van der Waals surface area contributed by atoms with Crippen molar-refractivity contribution in [3.63, 3.8) is 0 Å². The van der Waals surface area contributed by atoms with Crippen LogP contribution in [0.5, 0.6) is 0 Å². The van der Waals surface area contributed by atoms with Crippen LogP contribution in [0, 0.1) is 3.57 Å². The van der Waals surface area contributed by atoms with Gasteiger partial charge in [0.05, 0.1) is 11.9 Å². The summed E-state index contributed by atoms with van der Waals surface area (Å²) in [5, 5.41) is 9.59. The van der Waals surface area contributed by atoms with Crippen LogP contribution in [-0.2, 0) is 0 Å². The predicted octanol–water partition coefficient (Wildman–Crippen LogP) is 6.01. The van der Waals surface area contributed by atoms with E-state index in [1.54, 1.807) is 11.3 Å². The van der Waals surface area contributed by atoms with Gasteiger partial charge in [0, 0.05) is 20.1 Å². The lowest BCUT2D eigenvalue weighted by atomic mass is 10.0. The molecule has 3 nitrogen and oxygen atoms in total. The standard InChI is InChI=1S/C20H14IN3S/c21-18-11-4-2-7-15(18)12-22-24-20-23-19(13-25-20)17-10-5-8-14-6-1-3-9-16(14)17/h1-13H,(H,23,24)/b22-12-. The molecule has 4 rings (SSSR count). The Balaban J connectivity index is 1.57. The van der Waals surface area contributed by atoms with Crippen molar-refractivity contribution < 1.29 is 0 Å². The third-order valence-electron chi connectivity index (χ3n) is 3.84. The van der Waals surface area contributed by atoms with Crippen molar-refractivity contribution in [3.05, 3.63) is 81.2 Å². The Kier molecular flexibility index (Phi) is 4.76. The topological polar surface area (TPSA) is 37.3 Å². The molecule has 1 N–H and O–H groups in total. The minimum absolute atomic E-state index is 0.783. The van der Waals surface area contributed by atoms with E-state index in [2.05, 4.69) is 92.0 Å². The van der Waals surface area contributed by atoms with Gasteiger partial charge in [-0.15, -0.1) is 11.3 Å². The normalized spacial score (nSPS) is 11.2.